The maximum absolute atomic E-state index is 13.5. The van der Waals surface area contributed by atoms with Gasteiger partial charge in [0.1, 0.15) is 16.3 Å². The van der Waals surface area contributed by atoms with E-state index in [2.05, 4.69) is 15.5 Å². The van der Waals surface area contributed by atoms with E-state index in [1.54, 1.807) is 43.3 Å². The number of aryl methyl sites for hydroxylation is 1. The average molecular weight is 596 g/mol. The van der Waals surface area contributed by atoms with Crippen LogP contribution in [0.3, 0.4) is 0 Å². The summed E-state index contributed by atoms with van der Waals surface area (Å²) in [7, 11) is -3.36. The van der Waals surface area contributed by atoms with Crippen LogP contribution in [0.15, 0.2) is 75.8 Å². The van der Waals surface area contributed by atoms with Crippen molar-refractivity contribution in [3.05, 3.63) is 81.8 Å². The van der Waals surface area contributed by atoms with Gasteiger partial charge in [0.25, 0.3) is 16.0 Å². The van der Waals surface area contributed by atoms with Gasteiger partial charge in [0.05, 0.1) is 23.5 Å². The van der Waals surface area contributed by atoms with Gasteiger partial charge in [-0.05, 0) is 41.6 Å². The van der Waals surface area contributed by atoms with E-state index >= 15 is 0 Å². The molecule has 0 saturated carbocycles. The summed E-state index contributed by atoms with van der Waals surface area (Å²) >= 11 is 12.0. The van der Waals surface area contributed by atoms with Gasteiger partial charge in [-0.25, -0.2) is 0 Å². The van der Waals surface area contributed by atoms with Crippen molar-refractivity contribution < 1.29 is 57.2 Å². The normalized spacial score (nSPS) is 11.4. The van der Waals surface area contributed by atoms with Crippen molar-refractivity contribution in [2.24, 2.45) is 10.2 Å². The van der Waals surface area contributed by atoms with Crippen LogP contribution in [0.1, 0.15) is 22.8 Å². The molecule has 0 aliphatic heterocycles. The Labute approximate surface area is 256 Å². The van der Waals surface area contributed by atoms with Gasteiger partial charge in [0, 0.05) is 22.0 Å². The molecule has 0 saturated heterocycles. The summed E-state index contributed by atoms with van der Waals surface area (Å²) in [5, 5.41) is 25.3. The number of azo groups is 1. The van der Waals surface area contributed by atoms with E-state index < -0.39 is 26.7 Å². The second-order valence-corrected chi connectivity index (χ2v) is 10.2. The molecule has 196 valence electrons. The van der Waals surface area contributed by atoms with Crippen LogP contribution in [0.4, 0.5) is 17.1 Å². The summed E-state index contributed by atoms with van der Waals surface area (Å²) < 4.78 is 39.1. The van der Waals surface area contributed by atoms with E-state index in [0.717, 1.165) is 0 Å². The molecule has 13 heteroatoms. The van der Waals surface area contributed by atoms with E-state index in [9.17, 15) is 22.9 Å². The molecule has 0 atom stereocenters. The predicted molar refractivity (Wildman–Crippen MR) is 144 cm³/mol. The maximum Gasteiger partial charge on any atom is 1.00 e. The summed E-state index contributed by atoms with van der Waals surface area (Å²) in [5.41, 5.74) is 0.0889. The monoisotopic (exact) mass is 595 g/mol. The molecule has 0 aliphatic rings. The number of anilines is 1. The Bertz CT molecular complexity index is 1710. The number of ether oxygens (including phenoxy) is 1. The second-order valence-electron chi connectivity index (χ2n) is 8.03. The van der Waals surface area contributed by atoms with Crippen molar-refractivity contribution in [2.75, 3.05) is 12.4 Å². The van der Waals surface area contributed by atoms with Crippen LogP contribution in [0, 0.1) is 0 Å². The zero-order valence-corrected chi connectivity index (χ0v) is 25.4. The van der Waals surface area contributed by atoms with Crippen LogP contribution in [0.25, 0.3) is 10.8 Å². The minimum absolute atomic E-state index is 0. The number of halogens is 2. The van der Waals surface area contributed by atoms with E-state index in [-0.39, 0.29) is 51.5 Å². The Morgan fingerprint density at radius 2 is 1.74 bits per heavy atom. The Hall–Kier alpha value is -2.70. The Morgan fingerprint density at radius 3 is 2.41 bits per heavy atom. The van der Waals surface area contributed by atoms with Gasteiger partial charge < -0.3 is 15.2 Å². The Balaban J connectivity index is 0.00000420. The molecule has 1 amide bonds. The number of carbonyl (C=O) groups is 1. The molecule has 0 unspecified atom stereocenters. The van der Waals surface area contributed by atoms with Gasteiger partial charge in [-0.1, -0.05) is 66.2 Å². The predicted octanol–water partition coefficient (Wildman–Crippen LogP) is 3.71. The molecule has 0 aliphatic carbocycles. The van der Waals surface area contributed by atoms with E-state index in [1.165, 1.54) is 31.4 Å². The third-order valence-electron chi connectivity index (χ3n) is 5.69. The van der Waals surface area contributed by atoms with Crippen molar-refractivity contribution in [1.82, 2.24) is 0 Å². The van der Waals surface area contributed by atoms with Crippen LogP contribution in [0.2, 0.25) is 10.0 Å². The molecule has 0 fully saturated rings. The Morgan fingerprint density at radius 1 is 1.05 bits per heavy atom. The van der Waals surface area contributed by atoms with E-state index in [0.29, 0.717) is 39.2 Å². The first-order chi connectivity index (χ1) is 18.0. The van der Waals surface area contributed by atoms with Crippen LogP contribution >= 0.6 is 23.2 Å². The molecule has 0 spiro atoms. The second kappa shape index (κ2) is 12.6. The number of rotatable bonds is 7. The molecule has 2 N–H and O–H groups in total. The topological polar surface area (TPSA) is 140 Å². The molecular formula is C26H20Cl2N3NaO6S. The minimum atomic E-state index is -4.77. The standard InChI is InChI=1S/C26H21Cl2N3O6S.Na/c1-3-14-8-10-19(28)25(38(34,35)36)22(14)30-31-23-17-7-5-4-6-15(17)12-18(24(23)32)26(33)29-20-11-9-16(27)13-21(20)37-2;/h4-13,32H,3H2,1-2H3,(H,29,33)(H,34,35,36);/q;+1/p-1. The molecule has 0 radical (unpaired) electrons. The molecule has 4 aromatic carbocycles. The first-order valence-corrected chi connectivity index (χ1v) is 13.3. The van der Waals surface area contributed by atoms with Gasteiger partial charge in [0.15, 0.2) is 0 Å². The third-order valence-corrected chi connectivity index (χ3v) is 7.28. The molecular weight excluding hydrogens is 576 g/mol. The number of fused-ring (bicyclic) bond motifs is 1. The molecule has 0 heterocycles. The van der Waals surface area contributed by atoms with Gasteiger partial charge in [-0.3, -0.25) is 9.35 Å². The van der Waals surface area contributed by atoms with Crippen molar-refractivity contribution in [1.29, 1.82) is 0 Å². The zero-order chi connectivity index (χ0) is 27.6. The number of carbonyl (C=O) groups excluding carboxylic acids is 1. The van der Waals surface area contributed by atoms with Crippen molar-refractivity contribution in [3.63, 3.8) is 0 Å². The summed E-state index contributed by atoms with van der Waals surface area (Å²) in [6, 6.07) is 15.6. The smallest absolute Gasteiger partial charge is 0.870 e. The summed E-state index contributed by atoms with van der Waals surface area (Å²) in [5.74, 6) is -1.18. The van der Waals surface area contributed by atoms with Crippen molar-refractivity contribution in [2.45, 2.75) is 18.2 Å². The zero-order valence-electron chi connectivity index (χ0n) is 21.0. The van der Waals surface area contributed by atoms with Crippen LogP contribution in [-0.4, -0.2) is 26.0 Å². The van der Waals surface area contributed by atoms with E-state index in [4.69, 9.17) is 27.9 Å². The fraction of sp³-hybridized carbons (Fsp3) is 0.115. The number of hydrogen-bond donors (Lipinski definition) is 2. The van der Waals surface area contributed by atoms with Gasteiger partial charge in [-0.2, -0.15) is 13.5 Å². The molecule has 0 aromatic heterocycles. The van der Waals surface area contributed by atoms with Crippen LogP contribution in [0.5, 0.6) is 11.5 Å². The maximum atomic E-state index is 13.5. The van der Waals surface area contributed by atoms with Crippen LogP contribution < -0.4 is 44.7 Å². The quantitative estimate of drug-likeness (QED) is 0.189. The molecule has 4 rings (SSSR count). The molecule has 0 bridgehead atoms. The van der Waals surface area contributed by atoms with E-state index in [1.807, 2.05) is 0 Å². The van der Waals surface area contributed by atoms with Crippen molar-refractivity contribution >= 4 is 67.1 Å². The number of amides is 1. The Kier molecular flexibility index (Phi) is 10.0. The largest absolute Gasteiger partial charge is 1.00 e. The average Bonchev–Trinajstić information content (AvgIpc) is 2.88. The fourth-order valence-corrected chi connectivity index (χ4v) is 5.20. The third kappa shape index (κ3) is 6.55. The summed E-state index contributed by atoms with van der Waals surface area (Å²) in [6.45, 7) is 1.75. The fourth-order valence-electron chi connectivity index (χ4n) is 3.86. The first kappa shape index (κ1) is 30.8. The van der Waals surface area contributed by atoms with Gasteiger partial charge >= 0.3 is 29.6 Å². The molecule has 39 heavy (non-hydrogen) atoms. The summed E-state index contributed by atoms with van der Waals surface area (Å²) in [4.78, 5) is 12.6. The minimum Gasteiger partial charge on any atom is -0.870 e. The van der Waals surface area contributed by atoms with Crippen LogP contribution in [-0.2, 0) is 16.5 Å². The number of nitrogens with one attached hydrogen (secondary N) is 1. The van der Waals surface area contributed by atoms with Gasteiger partial charge in [0.2, 0.25) is 0 Å². The number of nitrogens with zero attached hydrogens (tertiary/aromatic N) is 2. The molecule has 9 nitrogen and oxygen atoms in total. The SMILES string of the molecule is CCc1ccc(Cl)c(S(=O)(=O)O)c1N=Nc1c([O-])c(C(=O)Nc2ccc(Cl)cc2OC)cc2ccccc12.[Na+]. The van der Waals surface area contributed by atoms with Crippen molar-refractivity contribution in [3.8, 4) is 11.5 Å². The number of methoxy groups -OCH3 is 1. The first-order valence-electron chi connectivity index (χ1n) is 11.1. The molecule has 4 aromatic rings. The van der Waals surface area contributed by atoms with Gasteiger partial charge in [-0.15, -0.1) is 5.11 Å². The summed E-state index contributed by atoms with van der Waals surface area (Å²) in [6.07, 6.45) is 0.338. The number of hydrogen-bond acceptors (Lipinski definition) is 7. The number of benzene rings is 4.